The monoisotopic (exact) mass is 366 g/mol. The quantitative estimate of drug-likeness (QED) is 0.715. The number of carbonyl (C=O) groups excluding carboxylic acids is 1. The molecule has 1 amide bonds. The molecule has 9 heteroatoms. The van der Waals surface area contributed by atoms with Crippen LogP contribution in [0.4, 0.5) is 11.8 Å². The lowest BCUT2D eigenvalue weighted by molar-refractivity contribution is 0.102. The van der Waals surface area contributed by atoms with Crippen molar-refractivity contribution in [1.29, 1.82) is 0 Å². The van der Waals surface area contributed by atoms with E-state index in [1.54, 1.807) is 18.6 Å². The second-order valence-corrected chi connectivity index (χ2v) is 6.77. The molecule has 0 spiro atoms. The summed E-state index contributed by atoms with van der Waals surface area (Å²) in [5.74, 6) is 0.815. The maximum Gasteiger partial charge on any atom is 0.259 e. The summed E-state index contributed by atoms with van der Waals surface area (Å²) < 4.78 is 1.86. The van der Waals surface area contributed by atoms with E-state index >= 15 is 0 Å². The average molecular weight is 366 g/mol. The molecule has 4 heterocycles. The fourth-order valence-corrected chi connectivity index (χ4v) is 3.30. The number of hydrogen-bond donors (Lipinski definition) is 2. The molecule has 3 aromatic rings. The third-order valence-electron chi connectivity index (χ3n) is 4.75. The predicted octanol–water partition coefficient (Wildman–Crippen LogP) is 1.19. The van der Waals surface area contributed by atoms with Crippen molar-refractivity contribution in [3.63, 3.8) is 0 Å². The largest absolute Gasteiger partial charge is 0.339 e. The number of anilines is 2. The minimum Gasteiger partial charge on any atom is -0.339 e. The summed E-state index contributed by atoms with van der Waals surface area (Å²) in [4.78, 5) is 32.2. The van der Waals surface area contributed by atoms with Crippen LogP contribution in [-0.2, 0) is 0 Å². The molecule has 9 nitrogen and oxygen atoms in total. The Morgan fingerprint density at radius 2 is 1.96 bits per heavy atom. The molecule has 0 aromatic carbocycles. The van der Waals surface area contributed by atoms with Gasteiger partial charge in [-0.05, 0) is 27.3 Å². The molecule has 1 unspecified atom stereocenters. The van der Waals surface area contributed by atoms with E-state index in [2.05, 4.69) is 35.5 Å². The van der Waals surface area contributed by atoms with Crippen molar-refractivity contribution >= 4 is 23.3 Å². The number of nitrogens with zero attached hydrogens (tertiary/aromatic N) is 6. The van der Waals surface area contributed by atoms with Crippen LogP contribution in [0.5, 0.6) is 0 Å². The number of aromatic nitrogens is 5. The summed E-state index contributed by atoms with van der Waals surface area (Å²) in [6.45, 7) is 5.56. The van der Waals surface area contributed by atoms with Crippen molar-refractivity contribution in [3.05, 3.63) is 41.7 Å². The van der Waals surface area contributed by atoms with E-state index in [9.17, 15) is 4.79 Å². The lowest BCUT2D eigenvalue weighted by Crippen LogP contribution is -2.30. The first-order valence-electron chi connectivity index (χ1n) is 8.92. The molecule has 0 saturated carbocycles. The third-order valence-corrected chi connectivity index (χ3v) is 4.75. The second-order valence-electron chi connectivity index (χ2n) is 6.77. The van der Waals surface area contributed by atoms with Gasteiger partial charge in [0.2, 0.25) is 5.95 Å². The molecular weight excluding hydrogens is 344 g/mol. The lowest BCUT2D eigenvalue weighted by Gasteiger charge is -2.16. The van der Waals surface area contributed by atoms with Gasteiger partial charge in [-0.15, -0.1) is 0 Å². The van der Waals surface area contributed by atoms with Gasteiger partial charge in [0.25, 0.3) is 5.91 Å². The molecule has 1 aliphatic heterocycles. The Labute approximate surface area is 156 Å². The fraction of sp³-hybridized carbons (Fsp3) is 0.389. The Morgan fingerprint density at radius 1 is 1.19 bits per heavy atom. The molecule has 0 bridgehead atoms. The number of likely N-dealkylation sites (N-methyl/N-ethyl adjacent to an activating group) is 1. The van der Waals surface area contributed by atoms with E-state index in [1.165, 1.54) is 0 Å². The summed E-state index contributed by atoms with van der Waals surface area (Å²) in [7, 11) is 1.96. The number of nitrogens with one attached hydrogen (secondary N) is 2. The fourth-order valence-electron chi connectivity index (χ4n) is 3.30. The summed E-state index contributed by atoms with van der Waals surface area (Å²) in [5, 5.41) is 6.07. The molecule has 2 N–H and O–H groups in total. The molecule has 1 atom stereocenters. The van der Waals surface area contributed by atoms with Crippen LogP contribution in [0.1, 0.15) is 28.2 Å². The van der Waals surface area contributed by atoms with E-state index in [4.69, 9.17) is 0 Å². The van der Waals surface area contributed by atoms with Crippen LogP contribution in [0.2, 0.25) is 0 Å². The number of fused-ring (bicyclic) bond motifs is 1. The van der Waals surface area contributed by atoms with Crippen LogP contribution in [0.25, 0.3) is 5.65 Å². The van der Waals surface area contributed by atoms with Crippen LogP contribution in [0, 0.1) is 13.8 Å². The minimum absolute atomic E-state index is 0.292. The maximum atomic E-state index is 12.5. The zero-order valence-electron chi connectivity index (χ0n) is 15.6. The topological polar surface area (TPSA) is 100 Å². The molecular formula is C18H22N8O. The van der Waals surface area contributed by atoms with Crippen LogP contribution in [0.15, 0.2) is 24.8 Å². The van der Waals surface area contributed by atoms with Crippen molar-refractivity contribution in [1.82, 2.24) is 29.7 Å². The Balaban J connectivity index is 1.48. The van der Waals surface area contributed by atoms with Gasteiger partial charge in [-0.3, -0.25) is 4.79 Å². The smallest absolute Gasteiger partial charge is 0.259 e. The third kappa shape index (κ3) is 3.45. The van der Waals surface area contributed by atoms with Gasteiger partial charge in [0.05, 0.1) is 23.1 Å². The normalized spacial score (nSPS) is 16.9. The first-order chi connectivity index (χ1) is 13.0. The zero-order valence-corrected chi connectivity index (χ0v) is 15.6. The SMILES string of the molecule is CNC1CCN(c2ncc(C(=O)Nc3cn4cc(C)nc4c(C)n3)cn2)C1. The van der Waals surface area contributed by atoms with Crippen molar-refractivity contribution < 1.29 is 4.79 Å². The molecule has 140 valence electrons. The van der Waals surface area contributed by atoms with Gasteiger partial charge >= 0.3 is 0 Å². The molecule has 1 fully saturated rings. The number of amides is 1. The van der Waals surface area contributed by atoms with Crippen LogP contribution in [-0.4, -0.2) is 56.4 Å². The minimum atomic E-state index is -0.292. The molecule has 0 radical (unpaired) electrons. The molecule has 27 heavy (non-hydrogen) atoms. The predicted molar refractivity (Wildman–Crippen MR) is 102 cm³/mol. The summed E-state index contributed by atoms with van der Waals surface area (Å²) in [6, 6.07) is 0.451. The second kappa shape index (κ2) is 6.92. The van der Waals surface area contributed by atoms with Gasteiger partial charge in [0.1, 0.15) is 5.82 Å². The van der Waals surface area contributed by atoms with Gasteiger partial charge in [0.15, 0.2) is 5.65 Å². The Hall–Kier alpha value is -3.07. The number of aryl methyl sites for hydroxylation is 2. The first kappa shape index (κ1) is 17.3. The van der Waals surface area contributed by atoms with Gasteiger partial charge in [-0.25, -0.2) is 19.9 Å². The lowest BCUT2D eigenvalue weighted by atomic mass is 10.3. The highest BCUT2D eigenvalue weighted by atomic mass is 16.1. The highest BCUT2D eigenvalue weighted by Gasteiger charge is 2.23. The Kier molecular flexibility index (Phi) is 4.44. The number of imidazole rings is 1. The van der Waals surface area contributed by atoms with Crippen molar-refractivity contribution in [3.8, 4) is 0 Å². The standard InChI is InChI=1S/C18H22N8O/c1-11-8-26-10-15(23-12(2)16(26)22-11)24-17(27)13-6-20-18(21-7-13)25-5-4-14(9-25)19-3/h6-8,10,14,19H,4-5,9H2,1-3H3,(H,24,27). The molecule has 1 saturated heterocycles. The van der Waals surface area contributed by atoms with Gasteiger partial charge < -0.3 is 19.9 Å². The van der Waals surface area contributed by atoms with E-state index in [0.717, 1.165) is 36.5 Å². The highest BCUT2D eigenvalue weighted by Crippen LogP contribution is 2.17. The maximum absolute atomic E-state index is 12.5. The number of hydrogen-bond acceptors (Lipinski definition) is 7. The summed E-state index contributed by atoms with van der Waals surface area (Å²) in [5.41, 5.74) is 2.82. The average Bonchev–Trinajstić information content (AvgIpc) is 3.28. The molecule has 0 aliphatic carbocycles. The number of rotatable bonds is 4. The van der Waals surface area contributed by atoms with E-state index in [0.29, 0.717) is 23.4 Å². The molecule has 3 aromatic heterocycles. The van der Waals surface area contributed by atoms with E-state index in [1.807, 2.05) is 31.5 Å². The van der Waals surface area contributed by atoms with Crippen LogP contribution in [0.3, 0.4) is 0 Å². The number of carbonyl (C=O) groups is 1. The van der Waals surface area contributed by atoms with E-state index in [-0.39, 0.29) is 5.91 Å². The van der Waals surface area contributed by atoms with Gasteiger partial charge in [-0.1, -0.05) is 0 Å². The van der Waals surface area contributed by atoms with Gasteiger partial charge in [0, 0.05) is 37.7 Å². The zero-order chi connectivity index (χ0) is 19.0. The highest BCUT2D eigenvalue weighted by molar-refractivity contribution is 6.03. The van der Waals surface area contributed by atoms with Crippen molar-refractivity contribution in [2.24, 2.45) is 0 Å². The van der Waals surface area contributed by atoms with Crippen molar-refractivity contribution in [2.75, 3.05) is 30.4 Å². The Morgan fingerprint density at radius 3 is 2.67 bits per heavy atom. The van der Waals surface area contributed by atoms with Crippen LogP contribution < -0.4 is 15.5 Å². The first-order valence-corrected chi connectivity index (χ1v) is 8.92. The Bertz CT molecular complexity index is 981. The molecule has 1 aliphatic rings. The van der Waals surface area contributed by atoms with Crippen LogP contribution >= 0.6 is 0 Å². The van der Waals surface area contributed by atoms with Crippen molar-refractivity contribution in [2.45, 2.75) is 26.3 Å². The summed E-state index contributed by atoms with van der Waals surface area (Å²) >= 11 is 0. The van der Waals surface area contributed by atoms with Gasteiger partial charge in [-0.2, -0.15) is 0 Å². The molecule has 4 rings (SSSR count). The summed E-state index contributed by atoms with van der Waals surface area (Å²) in [6.07, 6.45) is 7.81. The van der Waals surface area contributed by atoms with E-state index < -0.39 is 0 Å².